The lowest BCUT2D eigenvalue weighted by Gasteiger charge is -2.32. The van der Waals surface area contributed by atoms with Crippen molar-refractivity contribution in [2.24, 2.45) is 4.99 Å². The Hall–Kier alpha value is -2.57. The lowest BCUT2D eigenvalue weighted by molar-refractivity contribution is -0.917. The Morgan fingerprint density at radius 3 is 2.53 bits per heavy atom. The van der Waals surface area contributed by atoms with E-state index in [9.17, 15) is 4.79 Å². The highest BCUT2D eigenvalue weighted by atomic mass is 32.2. The number of nitrogens with zero attached hydrogens (tertiary/aromatic N) is 2. The molecule has 156 valence electrons. The molecule has 0 atom stereocenters. The number of hydrogen-bond acceptors (Lipinski definition) is 4. The molecule has 6 heteroatoms. The molecule has 5 nitrogen and oxygen atoms in total. The normalized spacial score (nSPS) is 18.9. The first-order valence-electron chi connectivity index (χ1n) is 10.5. The van der Waals surface area contributed by atoms with Crippen molar-refractivity contribution in [2.75, 3.05) is 26.2 Å². The van der Waals surface area contributed by atoms with Crippen LogP contribution in [0.2, 0.25) is 0 Å². The van der Waals surface area contributed by atoms with Gasteiger partial charge in [-0.15, -0.1) is 0 Å². The smallest absolute Gasteiger partial charge is 0.286 e. The summed E-state index contributed by atoms with van der Waals surface area (Å²) in [4.78, 5) is 21.3. The minimum absolute atomic E-state index is 0.0815. The highest BCUT2D eigenvalue weighted by Crippen LogP contribution is 2.32. The van der Waals surface area contributed by atoms with Gasteiger partial charge in [-0.3, -0.25) is 4.79 Å². The van der Waals surface area contributed by atoms with Crippen LogP contribution in [0.3, 0.4) is 0 Å². The lowest BCUT2D eigenvalue weighted by Crippen LogP contribution is -3.13. The van der Waals surface area contributed by atoms with Gasteiger partial charge in [0.25, 0.3) is 5.91 Å². The maximum absolute atomic E-state index is 12.5. The van der Waals surface area contributed by atoms with E-state index in [-0.39, 0.29) is 12.0 Å². The van der Waals surface area contributed by atoms with Crippen molar-refractivity contribution < 1.29 is 14.4 Å². The fourth-order valence-electron chi connectivity index (χ4n) is 3.71. The largest absolute Gasteiger partial charge is 0.490 e. The van der Waals surface area contributed by atoms with Crippen LogP contribution in [0.25, 0.3) is 6.08 Å². The zero-order valence-corrected chi connectivity index (χ0v) is 18.3. The molecule has 1 amide bonds. The predicted octanol–water partition coefficient (Wildman–Crippen LogP) is 2.84. The average Bonchev–Trinajstić information content (AvgIpc) is 3.11. The van der Waals surface area contributed by atoms with E-state index in [1.165, 1.54) is 17.3 Å². The van der Waals surface area contributed by atoms with Crippen LogP contribution in [0.4, 0.5) is 0 Å². The Kier molecular flexibility index (Phi) is 6.55. The molecule has 1 fully saturated rings. The number of amidine groups is 1. The molecule has 0 radical (unpaired) electrons. The van der Waals surface area contributed by atoms with Gasteiger partial charge < -0.3 is 14.5 Å². The summed E-state index contributed by atoms with van der Waals surface area (Å²) in [5, 5.41) is 0.826. The molecule has 2 aliphatic rings. The van der Waals surface area contributed by atoms with E-state index in [4.69, 9.17) is 4.74 Å². The van der Waals surface area contributed by atoms with Crippen LogP contribution in [0.1, 0.15) is 25.0 Å². The van der Waals surface area contributed by atoms with Gasteiger partial charge in [-0.25, -0.2) is 0 Å². The van der Waals surface area contributed by atoms with Crippen molar-refractivity contribution in [1.82, 2.24) is 4.90 Å². The third-order valence-corrected chi connectivity index (χ3v) is 6.26. The monoisotopic (exact) mass is 422 g/mol. The Bertz CT molecular complexity index is 948. The molecule has 0 spiro atoms. The topological polar surface area (TPSA) is 46.3 Å². The number of thioether (sulfide) groups is 1. The van der Waals surface area contributed by atoms with E-state index >= 15 is 0 Å². The number of carbonyl (C=O) groups excluding carboxylic acids is 1. The van der Waals surface area contributed by atoms with E-state index in [1.54, 1.807) is 4.90 Å². The van der Waals surface area contributed by atoms with Gasteiger partial charge in [0.15, 0.2) is 5.17 Å². The maximum atomic E-state index is 12.5. The molecular formula is C24H28N3O2S+. The van der Waals surface area contributed by atoms with Crippen LogP contribution in [0, 0.1) is 0 Å². The highest BCUT2D eigenvalue weighted by molar-refractivity contribution is 8.18. The molecule has 0 unspecified atom stereocenters. The summed E-state index contributed by atoms with van der Waals surface area (Å²) in [7, 11) is 0. The number of nitrogens with one attached hydrogen (secondary N) is 1. The fourth-order valence-corrected chi connectivity index (χ4v) is 4.67. The summed E-state index contributed by atoms with van der Waals surface area (Å²) in [6, 6.07) is 18.4. The van der Waals surface area contributed by atoms with E-state index in [2.05, 4.69) is 40.2 Å². The zero-order valence-electron chi connectivity index (χ0n) is 17.5. The molecule has 0 aliphatic carbocycles. The second-order valence-electron chi connectivity index (χ2n) is 7.91. The number of hydrogen-bond donors (Lipinski definition) is 1. The van der Waals surface area contributed by atoms with Crippen molar-refractivity contribution in [3.63, 3.8) is 0 Å². The number of piperazine rings is 1. The molecule has 0 bridgehead atoms. The van der Waals surface area contributed by atoms with Gasteiger partial charge in [0.2, 0.25) is 0 Å². The van der Waals surface area contributed by atoms with Crippen LogP contribution in [-0.4, -0.2) is 48.3 Å². The van der Waals surface area contributed by atoms with Crippen LogP contribution >= 0.6 is 11.8 Å². The molecule has 30 heavy (non-hydrogen) atoms. The summed E-state index contributed by atoms with van der Waals surface area (Å²) < 4.78 is 5.88. The summed E-state index contributed by atoms with van der Waals surface area (Å²) >= 11 is 1.48. The fraction of sp³-hybridized carbons (Fsp3) is 0.333. The molecule has 2 aliphatic heterocycles. The summed E-state index contributed by atoms with van der Waals surface area (Å²) in [6.45, 7) is 8.98. The first-order valence-corrected chi connectivity index (χ1v) is 11.3. The van der Waals surface area contributed by atoms with Gasteiger partial charge in [0.05, 0.1) is 37.2 Å². The van der Waals surface area contributed by atoms with Crippen LogP contribution in [0.5, 0.6) is 5.75 Å². The maximum Gasteiger partial charge on any atom is 0.286 e. The molecule has 1 N–H and O–H groups in total. The minimum atomic E-state index is -0.159. The number of amides is 1. The van der Waals surface area contributed by atoms with Gasteiger partial charge in [0, 0.05) is 11.1 Å². The summed E-state index contributed by atoms with van der Waals surface area (Å²) in [6.07, 6.45) is 1.98. The molecule has 0 saturated carbocycles. The van der Waals surface area contributed by atoms with E-state index in [1.807, 2.05) is 44.2 Å². The number of rotatable bonds is 5. The Balaban J connectivity index is 1.37. The standard InChI is InChI=1S/C24H27N3O2S/c1-18(2)29-21-11-7-6-10-20(21)16-22-23(28)25-24(30-22)27-14-12-26(13-15-27)17-19-8-4-3-5-9-19/h3-11,16,18H,12-15,17H2,1-2H3/p+1/b22-16-. The van der Waals surface area contributed by atoms with Crippen LogP contribution < -0.4 is 9.64 Å². The van der Waals surface area contributed by atoms with Crippen LogP contribution in [-0.2, 0) is 11.3 Å². The lowest BCUT2D eigenvalue weighted by atomic mass is 10.2. The van der Waals surface area contributed by atoms with Gasteiger partial charge in [-0.2, -0.15) is 4.99 Å². The first-order chi connectivity index (χ1) is 14.6. The van der Waals surface area contributed by atoms with Gasteiger partial charge in [-0.1, -0.05) is 48.5 Å². The molecule has 2 heterocycles. The third-order valence-electron chi connectivity index (χ3n) is 5.22. The van der Waals surface area contributed by atoms with E-state index in [0.29, 0.717) is 4.91 Å². The zero-order chi connectivity index (χ0) is 20.9. The average molecular weight is 423 g/mol. The summed E-state index contributed by atoms with van der Waals surface area (Å²) in [5.74, 6) is 0.633. The van der Waals surface area contributed by atoms with E-state index in [0.717, 1.165) is 49.2 Å². The van der Waals surface area contributed by atoms with Gasteiger partial charge in [0.1, 0.15) is 12.3 Å². The van der Waals surface area contributed by atoms with Crippen molar-refractivity contribution in [2.45, 2.75) is 26.5 Å². The Labute approximate surface area is 182 Å². The number of para-hydroxylation sites is 1. The Morgan fingerprint density at radius 1 is 1.10 bits per heavy atom. The quantitative estimate of drug-likeness (QED) is 0.753. The third kappa shape index (κ3) is 5.12. The minimum Gasteiger partial charge on any atom is -0.490 e. The molecule has 1 saturated heterocycles. The SMILES string of the molecule is CC(C)Oc1ccccc1/C=C1\SC(N2CC[NH+](Cc3ccccc3)CC2)=NC1=O. The van der Waals surface area contributed by atoms with E-state index < -0.39 is 0 Å². The number of benzene rings is 2. The molecule has 2 aromatic carbocycles. The predicted molar refractivity (Wildman–Crippen MR) is 123 cm³/mol. The molecule has 2 aromatic rings. The number of ether oxygens (including phenoxy) is 1. The molecule has 4 rings (SSSR count). The van der Waals surface area contributed by atoms with Crippen molar-refractivity contribution in [3.05, 3.63) is 70.6 Å². The first kappa shape index (κ1) is 20.7. The number of carbonyl (C=O) groups is 1. The van der Waals surface area contributed by atoms with Crippen molar-refractivity contribution in [3.8, 4) is 5.75 Å². The molecule has 0 aromatic heterocycles. The van der Waals surface area contributed by atoms with Gasteiger partial charge in [-0.05, 0) is 37.8 Å². The number of aliphatic imine (C=N–C) groups is 1. The highest BCUT2D eigenvalue weighted by Gasteiger charge is 2.30. The van der Waals surface area contributed by atoms with Crippen LogP contribution in [0.15, 0.2) is 64.5 Å². The molecular weight excluding hydrogens is 394 g/mol. The summed E-state index contributed by atoms with van der Waals surface area (Å²) in [5.41, 5.74) is 2.28. The Morgan fingerprint density at radius 2 is 1.80 bits per heavy atom. The second-order valence-corrected chi connectivity index (χ2v) is 8.92. The number of quaternary nitrogens is 1. The van der Waals surface area contributed by atoms with Crippen molar-refractivity contribution in [1.29, 1.82) is 0 Å². The van der Waals surface area contributed by atoms with Crippen molar-refractivity contribution >= 4 is 28.9 Å². The van der Waals surface area contributed by atoms with Gasteiger partial charge >= 0.3 is 0 Å². The second kappa shape index (κ2) is 9.49.